The number of carbonyl (C=O) groups excluding carboxylic acids is 1. The first kappa shape index (κ1) is 13.2. The third kappa shape index (κ3) is 3.90. The van der Waals surface area contributed by atoms with Crippen LogP contribution in [0, 0.1) is 0 Å². The van der Waals surface area contributed by atoms with Crippen LogP contribution in [0.25, 0.3) is 0 Å². The van der Waals surface area contributed by atoms with Crippen LogP contribution in [0.3, 0.4) is 0 Å². The fourth-order valence-electron chi connectivity index (χ4n) is 1.21. The van der Waals surface area contributed by atoms with Gasteiger partial charge in [-0.1, -0.05) is 6.07 Å². The van der Waals surface area contributed by atoms with Crippen LogP contribution >= 0.6 is 0 Å². The van der Waals surface area contributed by atoms with Crippen molar-refractivity contribution in [3.63, 3.8) is 0 Å². The number of amides is 1. The molecule has 94 valence electrons. The second kappa shape index (κ2) is 6.03. The second-order valence-corrected chi connectivity index (χ2v) is 3.25. The van der Waals surface area contributed by atoms with Gasteiger partial charge in [-0.2, -0.15) is 8.78 Å². The zero-order valence-corrected chi connectivity index (χ0v) is 9.24. The van der Waals surface area contributed by atoms with E-state index in [9.17, 15) is 18.7 Å². The quantitative estimate of drug-likeness (QED) is 0.829. The van der Waals surface area contributed by atoms with E-state index in [1.165, 1.54) is 18.2 Å². The van der Waals surface area contributed by atoms with Crippen molar-refractivity contribution in [1.29, 1.82) is 0 Å². The lowest BCUT2D eigenvalue weighted by molar-refractivity contribution is -0.131. The van der Waals surface area contributed by atoms with E-state index in [1.54, 1.807) is 6.92 Å². The molecule has 2 N–H and O–H groups in total. The minimum atomic E-state index is -3.03. The molecule has 0 saturated carbocycles. The van der Waals surface area contributed by atoms with Gasteiger partial charge in [-0.15, -0.1) is 0 Å². The van der Waals surface area contributed by atoms with Crippen molar-refractivity contribution < 1.29 is 23.4 Å². The Balaban J connectivity index is 2.66. The van der Waals surface area contributed by atoms with Gasteiger partial charge in [0.25, 0.3) is 5.91 Å². The molecular weight excluding hydrogens is 232 g/mol. The third-order valence-corrected chi connectivity index (χ3v) is 1.99. The first-order valence-electron chi connectivity index (χ1n) is 5.05. The fourth-order valence-corrected chi connectivity index (χ4v) is 1.21. The van der Waals surface area contributed by atoms with Crippen LogP contribution in [-0.2, 0) is 11.3 Å². The van der Waals surface area contributed by atoms with Gasteiger partial charge in [0.15, 0.2) is 11.5 Å². The third-order valence-electron chi connectivity index (χ3n) is 1.99. The van der Waals surface area contributed by atoms with Crippen LogP contribution in [-0.4, -0.2) is 24.0 Å². The smallest absolute Gasteiger partial charge is 0.315 e. The molecule has 0 unspecified atom stereocenters. The number of hydrogen-bond acceptors (Lipinski definition) is 3. The van der Waals surface area contributed by atoms with E-state index in [4.69, 9.17) is 4.74 Å². The molecule has 4 nitrogen and oxygen atoms in total. The Kier molecular flexibility index (Phi) is 4.68. The van der Waals surface area contributed by atoms with Gasteiger partial charge in [-0.25, -0.2) is 0 Å². The summed E-state index contributed by atoms with van der Waals surface area (Å²) in [5.74, 6) is -1.09. The van der Waals surface area contributed by atoms with Crippen molar-refractivity contribution in [3.05, 3.63) is 23.8 Å². The summed E-state index contributed by atoms with van der Waals surface area (Å²) in [5, 5.41) is 11.5. The summed E-state index contributed by atoms with van der Waals surface area (Å²) in [7, 11) is 0. The Labute approximate surface area is 97.2 Å². The zero-order chi connectivity index (χ0) is 12.8. The second-order valence-electron chi connectivity index (χ2n) is 3.25. The van der Waals surface area contributed by atoms with E-state index in [0.29, 0.717) is 12.2 Å². The predicted molar refractivity (Wildman–Crippen MR) is 57.1 cm³/mol. The molecule has 0 aliphatic carbocycles. The molecule has 0 heterocycles. The Hall–Kier alpha value is -1.85. The minimum absolute atomic E-state index is 0.0317. The summed E-state index contributed by atoms with van der Waals surface area (Å²) in [6.45, 7) is 2.09. The maximum absolute atomic E-state index is 11.9. The fraction of sp³-hybridized carbons (Fsp3) is 0.364. The van der Waals surface area contributed by atoms with Crippen LogP contribution < -0.4 is 10.1 Å². The standard InChI is InChI=1S/C11H13F2NO3/c1-2-17-9-5-7(3-4-8(9)15)6-14-11(16)10(12)13/h3-5,10,15H,2,6H2,1H3,(H,14,16). The molecule has 17 heavy (non-hydrogen) atoms. The number of rotatable bonds is 5. The molecule has 0 aliphatic heterocycles. The highest BCUT2D eigenvalue weighted by atomic mass is 19.3. The van der Waals surface area contributed by atoms with Crippen molar-refractivity contribution >= 4 is 5.91 Å². The number of alkyl halides is 2. The number of nitrogens with one attached hydrogen (secondary N) is 1. The van der Waals surface area contributed by atoms with E-state index >= 15 is 0 Å². The van der Waals surface area contributed by atoms with Gasteiger partial charge in [-0.3, -0.25) is 4.79 Å². The van der Waals surface area contributed by atoms with Crippen LogP contribution in [0.4, 0.5) is 8.78 Å². The molecule has 0 fully saturated rings. The van der Waals surface area contributed by atoms with Gasteiger partial charge in [0.1, 0.15) is 0 Å². The molecule has 1 rings (SSSR count). The number of hydrogen-bond donors (Lipinski definition) is 2. The molecule has 0 aliphatic rings. The molecule has 6 heteroatoms. The SMILES string of the molecule is CCOc1cc(CNC(=O)C(F)F)ccc1O. The van der Waals surface area contributed by atoms with Crippen molar-refractivity contribution in [2.75, 3.05) is 6.61 Å². The number of halogens is 2. The molecule has 0 spiro atoms. The van der Waals surface area contributed by atoms with Crippen molar-refractivity contribution in [3.8, 4) is 11.5 Å². The highest BCUT2D eigenvalue weighted by molar-refractivity contribution is 5.79. The monoisotopic (exact) mass is 245 g/mol. The maximum atomic E-state index is 11.9. The largest absolute Gasteiger partial charge is 0.504 e. The Morgan fingerprint density at radius 3 is 2.82 bits per heavy atom. The van der Waals surface area contributed by atoms with E-state index in [1.807, 2.05) is 0 Å². The Morgan fingerprint density at radius 2 is 2.24 bits per heavy atom. The van der Waals surface area contributed by atoms with Gasteiger partial charge < -0.3 is 15.2 Å². The van der Waals surface area contributed by atoms with Crippen LogP contribution in [0.5, 0.6) is 11.5 Å². The van der Waals surface area contributed by atoms with Crippen molar-refractivity contribution in [2.45, 2.75) is 19.9 Å². The number of phenolic OH excluding ortho intramolecular Hbond substituents is 1. The van der Waals surface area contributed by atoms with Gasteiger partial charge in [-0.05, 0) is 24.6 Å². The first-order chi connectivity index (χ1) is 8.04. The number of benzene rings is 1. The van der Waals surface area contributed by atoms with E-state index in [2.05, 4.69) is 5.32 Å². The van der Waals surface area contributed by atoms with Crippen molar-refractivity contribution in [2.24, 2.45) is 0 Å². The number of carbonyl (C=O) groups is 1. The average molecular weight is 245 g/mol. The summed E-state index contributed by atoms with van der Waals surface area (Å²) in [4.78, 5) is 10.7. The average Bonchev–Trinajstić information content (AvgIpc) is 2.29. The molecule has 0 atom stereocenters. The molecule has 0 radical (unpaired) electrons. The Bertz CT molecular complexity index is 396. The van der Waals surface area contributed by atoms with Gasteiger partial charge >= 0.3 is 6.43 Å². The predicted octanol–water partition coefficient (Wildman–Crippen LogP) is 1.67. The molecule has 0 aromatic heterocycles. The van der Waals surface area contributed by atoms with Crippen LogP contribution in [0.1, 0.15) is 12.5 Å². The van der Waals surface area contributed by atoms with Gasteiger partial charge in [0.2, 0.25) is 0 Å². The van der Waals surface area contributed by atoms with Crippen LogP contribution in [0.2, 0.25) is 0 Å². The van der Waals surface area contributed by atoms with Gasteiger partial charge in [0, 0.05) is 6.54 Å². The molecule has 1 aromatic rings. The van der Waals surface area contributed by atoms with E-state index in [0.717, 1.165) is 0 Å². The molecular formula is C11H13F2NO3. The highest BCUT2D eigenvalue weighted by Gasteiger charge is 2.14. The highest BCUT2D eigenvalue weighted by Crippen LogP contribution is 2.26. The molecule has 1 aromatic carbocycles. The summed E-state index contributed by atoms with van der Waals surface area (Å²) in [6.07, 6.45) is -3.03. The maximum Gasteiger partial charge on any atom is 0.315 e. The van der Waals surface area contributed by atoms with Crippen molar-refractivity contribution in [1.82, 2.24) is 5.32 Å². The lowest BCUT2D eigenvalue weighted by atomic mass is 10.2. The lowest BCUT2D eigenvalue weighted by Gasteiger charge is -2.09. The molecule has 0 bridgehead atoms. The number of phenols is 1. The molecule has 1 amide bonds. The topological polar surface area (TPSA) is 58.6 Å². The minimum Gasteiger partial charge on any atom is -0.504 e. The lowest BCUT2D eigenvalue weighted by Crippen LogP contribution is -2.28. The summed E-state index contributed by atoms with van der Waals surface area (Å²) in [6, 6.07) is 4.39. The zero-order valence-electron chi connectivity index (χ0n) is 9.24. The van der Waals surface area contributed by atoms with Crippen LogP contribution in [0.15, 0.2) is 18.2 Å². The summed E-state index contributed by atoms with van der Waals surface area (Å²) < 4.78 is 29.0. The van der Waals surface area contributed by atoms with E-state index < -0.39 is 12.3 Å². The first-order valence-corrected chi connectivity index (χ1v) is 5.05. The van der Waals surface area contributed by atoms with Gasteiger partial charge in [0.05, 0.1) is 6.61 Å². The van der Waals surface area contributed by atoms with E-state index in [-0.39, 0.29) is 18.0 Å². The summed E-state index contributed by atoms with van der Waals surface area (Å²) >= 11 is 0. The summed E-state index contributed by atoms with van der Waals surface area (Å²) in [5.41, 5.74) is 0.570. The Morgan fingerprint density at radius 1 is 1.53 bits per heavy atom. The number of aromatic hydroxyl groups is 1. The normalized spacial score (nSPS) is 10.4. The number of ether oxygens (including phenoxy) is 1. The molecule has 0 saturated heterocycles.